The van der Waals surface area contributed by atoms with Gasteiger partial charge in [-0.05, 0) is 41.9 Å². The van der Waals surface area contributed by atoms with Gasteiger partial charge in [-0.15, -0.1) is 0 Å². The fraction of sp³-hybridized carbons (Fsp3) is 0.231. The lowest BCUT2D eigenvalue weighted by Gasteiger charge is -2.07. The first-order valence-corrected chi connectivity index (χ1v) is 6.71. The molecule has 1 aromatic heterocycles. The molecule has 2 heterocycles. The zero-order valence-corrected chi connectivity index (χ0v) is 12.2. The predicted molar refractivity (Wildman–Crippen MR) is 76.3 cm³/mol. The van der Waals surface area contributed by atoms with Crippen molar-refractivity contribution >= 4 is 27.5 Å². The third-order valence-electron chi connectivity index (χ3n) is 3.36. The summed E-state index contributed by atoms with van der Waals surface area (Å²) in [5.74, 6) is -0.165. The first-order chi connectivity index (χ1) is 8.99. The van der Waals surface area contributed by atoms with Gasteiger partial charge in [0.1, 0.15) is 6.04 Å². The minimum absolute atomic E-state index is 0.165. The number of benzene rings is 1. The van der Waals surface area contributed by atoms with Gasteiger partial charge in [0.05, 0.1) is 21.5 Å². The minimum atomic E-state index is -0.573. The molecule has 0 aliphatic carbocycles. The van der Waals surface area contributed by atoms with Crippen LogP contribution in [0.25, 0.3) is 5.69 Å². The topological polar surface area (TPSA) is 72.9 Å². The number of hydrogen-bond acceptors (Lipinski definition) is 3. The molecule has 0 bridgehead atoms. The smallest absolute Gasteiger partial charge is 0.245 e. The first-order valence-electron chi connectivity index (χ1n) is 5.91. The van der Waals surface area contributed by atoms with Crippen molar-refractivity contribution in [3.8, 4) is 5.69 Å². The van der Waals surface area contributed by atoms with E-state index in [0.29, 0.717) is 0 Å². The molecule has 5 nitrogen and oxygen atoms in total. The van der Waals surface area contributed by atoms with Gasteiger partial charge in [0, 0.05) is 11.3 Å². The van der Waals surface area contributed by atoms with Crippen LogP contribution in [-0.2, 0) is 4.79 Å². The summed E-state index contributed by atoms with van der Waals surface area (Å²) in [4.78, 5) is 11.5. The molecule has 1 aromatic carbocycles. The molecular weight excluding hydrogens is 308 g/mol. The average molecular weight is 321 g/mol. The van der Waals surface area contributed by atoms with E-state index in [1.165, 1.54) is 0 Å². The van der Waals surface area contributed by atoms with Crippen molar-refractivity contribution in [2.75, 3.05) is 5.32 Å². The van der Waals surface area contributed by atoms with E-state index in [1.54, 1.807) is 0 Å². The monoisotopic (exact) mass is 320 g/mol. The lowest BCUT2D eigenvalue weighted by Crippen LogP contribution is -2.19. The van der Waals surface area contributed by atoms with Gasteiger partial charge in [0.25, 0.3) is 0 Å². The number of rotatable bonds is 1. The highest BCUT2D eigenvalue weighted by molar-refractivity contribution is 9.10. The van der Waals surface area contributed by atoms with E-state index in [2.05, 4.69) is 26.3 Å². The Morgan fingerprint density at radius 1 is 1.42 bits per heavy atom. The molecule has 0 radical (unpaired) electrons. The number of aryl methyl sites for hydroxylation is 1. The molecule has 1 aliphatic heterocycles. The van der Waals surface area contributed by atoms with Gasteiger partial charge in [-0.25, -0.2) is 4.68 Å². The van der Waals surface area contributed by atoms with Gasteiger partial charge in [-0.2, -0.15) is 5.10 Å². The molecule has 3 rings (SSSR count). The molecule has 98 valence electrons. The van der Waals surface area contributed by atoms with Crippen LogP contribution in [-0.4, -0.2) is 15.7 Å². The number of carbonyl (C=O) groups excluding carboxylic acids is 1. The van der Waals surface area contributed by atoms with Crippen LogP contribution in [0.1, 0.15) is 23.0 Å². The van der Waals surface area contributed by atoms with Gasteiger partial charge in [0.15, 0.2) is 0 Å². The highest BCUT2D eigenvalue weighted by Gasteiger charge is 2.27. The lowest BCUT2D eigenvalue weighted by molar-refractivity contribution is -0.116. The molecule has 1 aliphatic rings. The van der Waals surface area contributed by atoms with Crippen LogP contribution >= 0.6 is 15.9 Å². The van der Waals surface area contributed by atoms with E-state index in [1.807, 2.05) is 36.7 Å². The van der Waals surface area contributed by atoms with E-state index >= 15 is 0 Å². The van der Waals surface area contributed by atoms with Crippen molar-refractivity contribution < 1.29 is 4.79 Å². The van der Waals surface area contributed by atoms with Crippen LogP contribution in [0.2, 0.25) is 0 Å². The number of nitrogens with one attached hydrogen (secondary N) is 1. The number of fused-ring (bicyclic) bond motifs is 1. The van der Waals surface area contributed by atoms with Crippen molar-refractivity contribution in [3.63, 3.8) is 0 Å². The van der Waals surface area contributed by atoms with E-state index in [4.69, 9.17) is 5.73 Å². The summed E-state index contributed by atoms with van der Waals surface area (Å²) in [6, 6.07) is 5.12. The molecule has 19 heavy (non-hydrogen) atoms. The predicted octanol–water partition coefficient (Wildman–Crippen LogP) is 2.20. The number of aromatic nitrogens is 2. The summed E-state index contributed by atoms with van der Waals surface area (Å²) in [6.45, 7) is 3.93. The van der Waals surface area contributed by atoms with Crippen molar-refractivity contribution in [1.82, 2.24) is 9.78 Å². The van der Waals surface area contributed by atoms with Crippen molar-refractivity contribution in [2.45, 2.75) is 19.9 Å². The van der Waals surface area contributed by atoms with Crippen LogP contribution < -0.4 is 11.1 Å². The maximum Gasteiger partial charge on any atom is 0.245 e. The highest BCUT2D eigenvalue weighted by Crippen LogP contribution is 2.32. The number of halogens is 1. The second-order valence-corrected chi connectivity index (χ2v) is 5.43. The molecule has 3 N–H and O–H groups in total. The molecule has 6 heteroatoms. The fourth-order valence-corrected chi connectivity index (χ4v) is 2.53. The van der Waals surface area contributed by atoms with Gasteiger partial charge < -0.3 is 11.1 Å². The molecule has 0 fully saturated rings. The minimum Gasteiger partial charge on any atom is -0.324 e. The fourth-order valence-electron chi connectivity index (χ4n) is 2.28. The molecule has 1 atom stereocenters. The van der Waals surface area contributed by atoms with Gasteiger partial charge in [-0.1, -0.05) is 6.07 Å². The SMILES string of the molecule is Cc1nn(-c2ccc3c(c2)NC(=O)C3N)c(C)c1Br. The number of hydrogen-bond donors (Lipinski definition) is 2. The quantitative estimate of drug-likeness (QED) is 0.846. The molecular formula is C13H13BrN4O. The van der Waals surface area contributed by atoms with Crippen molar-refractivity contribution in [2.24, 2.45) is 5.73 Å². The summed E-state index contributed by atoms with van der Waals surface area (Å²) in [5.41, 5.74) is 10.2. The summed E-state index contributed by atoms with van der Waals surface area (Å²) < 4.78 is 2.84. The van der Waals surface area contributed by atoms with E-state index in [0.717, 1.165) is 32.8 Å². The summed E-state index contributed by atoms with van der Waals surface area (Å²) in [7, 11) is 0. The van der Waals surface area contributed by atoms with Crippen molar-refractivity contribution in [1.29, 1.82) is 0 Å². The summed E-state index contributed by atoms with van der Waals surface area (Å²) in [6.07, 6.45) is 0. The van der Waals surface area contributed by atoms with Crippen LogP contribution in [0.5, 0.6) is 0 Å². The second-order valence-electron chi connectivity index (χ2n) is 4.64. The Labute approximate surface area is 118 Å². The molecule has 1 amide bonds. The normalized spacial score (nSPS) is 17.5. The van der Waals surface area contributed by atoms with Gasteiger partial charge >= 0.3 is 0 Å². The Kier molecular flexibility index (Phi) is 2.72. The molecule has 0 saturated heterocycles. The third-order valence-corrected chi connectivity index (χ3v) is 4.51. The Morgan fingerprint density at radius 3 is 2.79 bits per heavy atom. The number of anilines is 1. The average Bonchev–Trinajstić information content (AvgIpc) is 2.81. The first kappa shape index (κ1) is 12.4. The maximum absolute atomic E-state index is 11.5. The largest absolute Gasteiger partial charge is 0.324 e. The number of nitrogens with zero attached hydrogens (tertiary/aromatic N) is 2. The Morgan fingerprint density at radius 2 is 2.16 bits per heavy atom. The van der Waals surface area contributed by atoms with E-state index in [-0.39, 0.29) is 5.91 Å². The Hall–Kier alpha value is -1.66. The van der Waals surface area contributed by atoms with Crippen LogP contribution in [0, 0.1) is 13.8 Å². The maximum atomic E-state index is 11.5. The molecule has 0 saturated carbocycles. The Balaban J connectivity index is 2.11. The van der Waals surface area contributed by atoms with Crippen LogP contribution in [0.4, 0.5) is 5.69 Å². The number of carbonyl (C=O) groups is 1. The number of amides is 1. The zero-order valence-electron chi connectivity index (χ0n) is 10.6. The van der Waals surface area contributed by atoms with E-state index in [9.17, 15) is 4.79 Å². The van der Waals surface area contributed by atoms with Gasteiger partial charge in [-0.3, -0.25) is 4.79 Å². The molecule has 2 aromatic rings. The van der Waals surface area contributed by atoms with E-state index < -0.39 is 6.04 Å². The third kappa shape index (κ3) is 1.79. The summed E-state index contributed by atoms with van der Waals surface area (Å²) >= 11 is 3.51. The molecule has 1 unspecified atom stereocenters. The van der Waals surface area contributed by atoms with Crippen LogP contribution in [0.3, 0.4) is 0 Å². The lowest BCUT2D eigenvalue weighted by atomic mass is 10.1. The van der Waals surface area contributed by atoms with Crippen molar-refractivity contribution in [3.05, 3.63) is 39.6 Å². The Bertz CT molecular complexity index is 692. The standard InChI is InChI=1S/C13H13BrN4O/c1-6-11(14)7(2)18(17-6)8-3-4-9-10(5-8)16-13(19)12(9)15/h3-5,12H,15H2,1-2H3,(H,16,19). The second kappa shape index (κ2) is 4.18. The van der Waals surface area contributed by atoms with Gasteiger partial charge in [0.2, 0.25) is 5.91 Å². The highest BCUT2D eigenvalue weighted by atomic mass is 79.9. The number of nitrogens with two attached hydrogens (primary N) is 1. The zero-order chi connectivity index (χ0) is 13.7. The van der Waals surface area contributed by atoms with Crippen LogP contribution in [0.15, 0.2) is 22.7 Å². The summed E-state index contributed by atoms with van der Waals surface area (Å²) in [5, 5.41) is 7.25. The molecule has 0 spiro atoms.